The second-order valence-corrected chi connectivity index (χ2v) is 10.6. The van der Waals surface area contributed by atoms with Crippen molar-refractivity contribution in [2.75, 3.05) is 16.8 Å². The predicted octanol–water partition coefficient (Wildman–Crippen LogP) is 5.76. The number of nitrogens with zero attached hydrogens (tertiary/aromatic N) is 1. The molecule has 2 fully saturated rings. The number of urea groups is 1. The number of carbonyl (C=O) groups excluding carboxylic acids is 2. The third-order valence-electron chi connectivity index (χ3n) is 6.76. The zero-order chi connectivity index (χ0) is 29.0. The molecule has 2 aromatic carbocycles. The molecule has 2 aliphatic rings. The Morgan fingerprint density at radius 1 is 1.05 bits per heavy atom. The average molecular weight is 585 g/mol. The van der Waals surface area contributed by atoms with E-state index in [2.05, 4.69) is 5.32 Å². The fourth-order valence-corrected chi connectivity index (χ4v) is 5.18. The number of ether oxygens (including phenoxy) is 5. The molecule has 3 aromatic rings. The maximum absolute atomic E-state index is 13.9. The number of hydrogen-bond donors (Lipinski definition) is 1. The van der Waals surface area contributed by atoms with Gasteiger partial charge in [-0.05, 0) is 56.7 Å². The van der Waals surface area contributed by atoms with Crippen LogP contribution in [0.3, 0.4) is 0 Å². The number of amides is 2. The Kier molecular flexibility index (Phi) is 8.96. The van der Waals surface area contributed by atoms with Crippen LogP contribution in [-0.2, 0) is 35.1 Å². The lowest BCUT2D eigenvalue weighted by molar-refractivity contribution is -0.221. The van der Waals surface area contributed by atoms with Crippen LogP contribution in [0.5, 0.6) is 0 Å². The van der Waals surface area contributed by atoms with Crippen molar-refractivity contribution >= 4 is 35.2 Å². The van der Waals surface area contributed by atoms with Crippen LogP contribution in [0.1, 0.15) is 32.8 Å². The maximum Gasteiger partial charge on any atom is 0.329 e. The molecule has 0 bridgehead atoms. The lowest BCUT2D eigenvalue weighted by atomic mass is 9.98. The van der Waals surface area contributed by atoms with Crippen LogP contribution in [0.2, 0.25) is 5.02 Å². The molecule has 0 saturated carbocycles. The van der Waals surface area contributed by atoms with Gasteiger partial charge in [0.25, 0.3) is 0 Å². The first-order chi connectivity index (χ1) is 19.7. The summed E-state index contributed by atoms with van der Waals surface area (Å²) in [6, 6.07) is 18.1. The van der Waals surface area contributed by atoms with Gasteiger partial charge in [0.1, 0.15) is 18.3 Å². The highest BCUT2D eigenvalue weighted by molar-refractivity contribution is 6.30. The number of anilines is 2. The molecule has 41 heavy (non-hydrogen) atoms. The number of furan rings is 1. The largest absolute Gasteiger partial charge is 0.466 e. The minimum absolute atomic E-state index is 0.175. The molecule has 218 valence electrons. The summed E-state index contributed by atoms with van der Waals surface area (Å²) in [7, 11) is 0. The summed E-state index contributed by atoms with van der Waals surface area (Å²) < 4.78 is 36.0. The van der Waals surface area contributed by atoms with E-state index < -0.39 is 48.4 Å². The van der Waals surface area contributed by atoms with Gasteiger partial charge in [-0.1, -0.05) is 41.9 Å². The second-order valence-electron chi connectivity index (χ2n) is 10.2. The number of rotatable bonds is 10. The molecule has 1 aromatic heterocycles. The van der Waals surface area contributed by atoms with Crippen LogP contribution in [0.25, 0.3) is 0 Å². The monoisotopic (exact) mass is 584 g/mol. The highest BCUT2D eigenvalue weighted by Gasteiger charge is 2.58. The molecule has 2 aliphatic heterocycles. The van der Waals surface area contributed by atoms with E-state index in [-0.39, 0.29) is 25.5 Å². The summed E-state index contributed by atoms with van der Waals surface area (Å²) in [5.74, 6) is -1.22. The molecular weight excluding hydrogens is 552 g/mol. The summed E-state index contributed by atoms with van der Waals surface area (Å²) in [5.41, 5.74) is 1.44. The van der Waals surface area contributed by atoms with Gasteiger partial charge in [0, 0.05) is 16.8 Å². The van der Waals surface area contributed by atoms with Crippen molar-refractivity contribution < 1.29 is 37.7 Å². The fourth-order valence-electron chi connectivity index (χ4n) is 5.05. The van der Waals surface area contributed by atoms with Crippen molar-refractivity contribution in [3.8, 4) is 0 Å². The predicted molar refractivity (Wildman–Crippen MR) is 150 cm³/mol. The van der Waals surface area contributed by atoms with E-state index in [0.29, 0.717) is 10.7 Å². The average Bonchev–Trinajstić information content (AvgIpc) is 3.64. The van der Waals surface area contributed by atoms with Gasteiger partial charge in [-0.2, -0.15) is 0 Å². The summed E-state index contributed by atoms with van der Waals surface area (Å²) in [5, 5.41) is 3.39. The molecule has 1 unspecified atom stereocenters. The number of hydrogen-bond acceptors (Lipinski definition) is 8. The zero-order valence-corrected chi connectivity index (χ0v) is 23.8. The summed E-state index contributed by atoms with van der Waals surface area (Å²) >= 11 is 6.03. The fraction of sp³-hybridized carbons (Fsp3) is 0.400. The Labute approximate surface area is 243 Å². The first-order valence-electron chi connectivity index (χ1n) is 13.5. The van der Waals surface area contributed by atoms with Crippen LogP contribution in [0, 0.1) is 0 Å². The van der Waals surface area contributed by atoms with Crippen molar-refractivity contribution in [3.63, 3.8) is 0 Å². The highest BCUT2D eigenvalue weighted by Crippen LogP contribution is 2.42. The van der Waals surface area contributed by atoms with Crippen molar-refractivity contribution in [1.29, 1.82) is 0 Å². The molecule has 2 amide bonds. The SMILES string of the molecule is CCOC(=O)CC([C@H]1O[C@@H]2OC(C)(C)O[C@@H]2[C@H]1OCc1ccccc1)N(C(=O)Nc1ccc(Cl)cc1)c1ccco1. The van der Waals surface area contributed by atoms with E-state index in [1.54, 1.807) is 57.2 Å². The molecule has 10 nitrogen and oxygen atoms in total. The Morgan fingerprint density at radius 3 is 2.49 bits per heavy atom. The minimum atomic E-state index is -0.922. The van der Waals surface area contributed by atoms with Crippen molar-refractivity contribution in [3.05, 3.63) is 83.6 Å². The van der Waals surface area contributed by atoms with Crippen molar-refractivity contribution in [2.45, 2.75) is 70.2 Å². The lowest BCUT2D eigenvalue weighted by Crippen LogP contribution is -2.54. The first-order valence-corrected chi connectivity index (χ1v) is 13.8. The van der Waals surface area contributed by atoms with Gasteiger partial charge in [0.05, 0.1) is 31.9 Å². The van der Waals surface area contributed by atoms with Gasteiger partial charge in [-0.15, -0.1) is 0 Å². The van der Waals surface area contributed by atoms with Crippen molar-refractivity contribution in [2.24, 2.45) is 0 Å². The molecule has 5 rings (SSSR count). The molecule has 0 spiro atoms. The van der Waals surface area contributed by atoms with E-state index in [0.717, 1.165) is 5.56 Å². The van der Waals surface area contributed by atoms with E-state index in [1.165, 1.54) is 11.2 Å². The van der Waals surface area contributed by atoms with Gasteiger partial charge in [-0.25, -0.2) is 4.79 Å². The molecule has 3 heterocycles. The first kappa shape index (κ1) is 29.1. The number of benzene rings is 2. The normalized spacial score (nSPS) is 23.5. The summed E-state index contributed by atoms with van der Waals surface area (Å²) in [4.78, 5) is 28.2. The zero-order valence-electron chi connectivity index (χ0n) is 23.0. The van der Waals surface area contributed by atoms with Crippen LogP contribution in [0.4, 0.5) is 16.4 Å². The van der Waals surface area contributed by atoms with Crippen LogP contribution in [0.15, 0.2) is 77.4 Å². The van der Waals surface area contributed by atoms with E-state index in [9.17, 15) is 9.59 Å². The number of esters is 1. The molecule has 11 heteroatoms. The number of carbonyl (C=O) groups is 2. The molecule has 1 N–H and O–H groups in total. The quantitative estimate of drug-likeness (QED) is 0.300. The molecule has 2 saturated heterocycles. The second kappa shape index (κ2) is 12.6. The van der Waals surface area contributed by atoms with Gasteiger partial charge in [-0.3, -0.25) is 9.69 Å². The standard InChI is InChI=1S/C30H33ClN2O8/c1-4-36-24(34)17-22(33(23-11-8-16-37-23)29(35)32-21-14-12-20(31)13-15-21)25-26(38-18-19-9-6-5-7-10-19)27-28(39-25)41-30(2,3)40-27/h5-16,22,25-28H,4,17-18H2,1-3H3,(H,32,35)/t22?,25-,26+,27-,28-/m1/s1. The number of nitrogens with one attached hydrogen (secondary N) is 1. The van der Waals surface area contributed by atoms with Gasteiger partial charge >= 0.3 is 12.0 Å². The third-order valence-corrected chi connectivity index (χ3v) is 7.01. The van der Waals surface area contributed by atoms with Gasteiger partial charge in [0.15, 0.2) is 12.1 Å². The summed E-state index contributed by atoms with van der Waals surface area (Å²) in [6.07, 6.45) is -1.71. The van der Waals surface area contributed by atoms with Gasteiger partial charge < -0.3 is 33.4 Å². The van der Waals surface area contributed by atoms with Gasteiger partial charge in [0.2, 0.25) is 5.88 Å². The molecule has 0 aliphatic carbocycles. The smallest absolute Gasteiger partial charge is 0.329 e. The number of fused-ring (bicyclic) bond motifs is 1. The third kappa shape index (κ3) is 6.91. The van der Waals surface area contributed by atoms with Crippen LogP contribution < -0.4 is 10.2 Å². The highest BCUT2D eigenvalue weighted by atomic mass is 35.5. The summed E-state index contributed by atoms with van der Waals surface area (Å²) in [6.45, 7) is 5.73. The van der Waals surface area contributed by atoms with E-state index in [1.807, 2.05) is 30.3 Å². The molecule has 0 radical (unpaired) electrons. The van der Waals surface area contributed by atoms with E-state index in [4.69, 9.17) is 39.7 Å². The Bertz CT molecular complexity index is 1300. The minimum Gasteiger partial charge on any atom is -0.466 e. The Balaban J connectivity index is 1.50. The lowest BCUT2D eigenvalue weighted by Gasteiger charge is -2.36. The van der Waals surface area contributed by atoms with E-state index >= 15 is 0 Å². The maximum atomic E-state index is 13.9. The molecule has 5 atom stereocenters. The van der Waals surface area contributed by atoms with Crippen LogP contribution in [-0.4, -0.2) is 55.0 Å². The topological polar surface area (TPSA) is 109 Å². The van der Waals surface area contributed by atoms with Crippen LogP contribution >= 0.6 is 11.6 Å². The Hall–Kier alpha value is -3.41. The Morgan fingerprint density at radius 2 is 1.80 bits per heavy atom. The molecular formula is C30H33ClN2O8. The van der Waals surface area contributed by atoms with Crippen molar-refractivity contribution in [1.82, 2.24) is 0 Å². The number of halogens is 1.